The van der Waals surface area contributed by atoms with Crippen molar-refractivity contribution in [1.82, 2.24) is 4.58 Å². The van der Waals surface area contributed by atoms with Crippen LogP contribution in [0.3, 0.4) is 0 Å². The number of carbonyl (C=O) groups is 3. The van der Waals surface area contributed by atoms with Crippen LogP contribution in [0.1, 0.15) is 69.4 Å². The minimum atomic E-state index is -4.87. The maximum absolute atomic E-state index is 12.5. The fourth-order valence-electron chi connectivity index (χ4n) is 8.38. The highest BCUT2D eigenvalue weighted by Crippen LogP contribution is 2.51. The van der Waals surface area contributed by atoms with Crippen LogP contribution in [0.4, 0.5) is 5.69 Å². The number of ether oxygens (including phenoxy) is 7. The minimum absolute atomic E-state index is 0.00541. The maximum Gasteiger partial charge on any atom is 0.306 e. The summed E-state index contributed by atoms with van der Waals surface area (Å²) in [6.07, 6.45) is 7.61. The molecular weight excluding hydrogens is 953 g/mol. The summed E-state index contributed by atoms with van der Waals surface area (Å²) in [5.41, 5.74) is 2.39. The van der Waals surface area contributed by atoms with E-state index in [1.54, 1.807) is 26.5 Å². The van der Waals surface area contributed by atoms with E-state index in [0.717, 1.165) is 16.5 Å². The van der Waals surface area contributed by atoms with Gasteiger partial charge in [0, 0.05) is 68.5 Å². The standard InChI is InChI=1S/C49H66N2O17S2/c1-49(19-8-34-69(55,56)57)41-36-39(70(58,59)60)13-15-42(41)51(20-6-4-5-11-47(54)68-48-43(52)16-17-44(48)53)46(49)10-7-9-37-18-23-67-45-35-38(12-14-40(37)45)50(21-24-63-30-32-65-28-26-61-2)22-25-64-31-33-66-29-27-62-3/h7,9-10,12-15,18,23,35-36,48H,4-6,8,11,16-17,19-22,24-34H2,1-3H3,(H-,55,56,57,58,59,60). The molecule has 70 heavy (non-hydrogen) atoms. The van der Waals surface area contributed by atoms with Gasteiger partial charge in [0.2, 0.25) is 11.5 Å². The number of esters is 1. The second-order valence-electron chi connectivity index (χ2n) is 17.0. The van der Waals surface area contributed by atoms with Crippen LogP contribution in [0.15, 0.2) is 75.9 Å². The smallest absolute Gasteiger partial charge is 0.306 e. The van der Waals surface area contributed by atoms with Crippen LogP contribution in [0.5, 0.6) is 0 Å². The van der Waals surface area contributed by atoms with Gasteiger partial charge < -0.3 is 47.0 Å². The number of fused-ring (bicyclic) bond motifs is 2. The van der Waals surface area contributed by atoms with Gasteiger partial charge in [0.1, 0.15) is 29.1 Å². The van der Waals surface area contributed by atoms with Crippen LogP contribution < -0.4 is 14.8 Å². The lowest BCUT2D eigenvalue weighted by molar-refractivity contribution is -0.157. The first-order valence-electron chi connectivity index (χ1n) is 23.4. The second-order valence-corrected chi connectivity index (χ2v) is 20.0. The largest absolute Gasteiger partial charge is 0.744 e. The molecule has 0 radical (unpaired) electrons. The molecule has 5 rings (SSSR count). The fourth-order valence-corrected chi connectivity index (χ4v) is 9.38. The molecule has 1 aromatic rings. The van der Waals surface area contributed by atoms with E-state index in [1.807, 2.05) is 54.3 Å². The zero-order valence-corrected chi connectivity index (χ0v) is 41.8. The summed E-state index contributed by atoms with van der Waals surface area (Å²) in [7, 11) is -5.97. The van der Waals surface area contributed by atoms with Gasteiger partial charge in [0.05, 0.1) is 75.8 Å². The number of allylic oxidation sites excluding steroid dienone is 3. The number of ketones is 2. The van der Waals surface area contributed by atoms with Gasteiger partial charge in [-0.25, -0.2) is 13.0 Å². The summed E-state index contributed by atoms with van der Waals surface area (Å²) in [5, 5.41) is 0.884. The van der Waals surface area contributed by atoms with Gasteiger partial charge in [-0.3, -0.25) is 18.9 Å². The number of benzene rings is 2. The van der Waals surface area contributed by atoms with E-state index in [0.29, 0.717) is 128 Å². The molecule has 0 saturated heterocycles. The first-order valence-corrected chi connectivity index (χ1v) is 26.4. The molecule has 19 nitrogen and oxygen atoms in total. The molecule has 4 aliphatic rings. The second kappa shape index (κ2) is 27.8. The van der Waals surface area contributed by atoms with Crippen LogP contribution in [-0.4, -0.2) is 155 Å². The molecule has 2 aliphatic heterocycles. The van der Waals surface area contributed by atoms with E-state index in [1.165, 1.54) is 12.1 Å². The Morgan fingerprint density at radius 1 is 0.829 bits per heavy atom. The summed E-state index contributed by atoms with van der Waals surface area (Å²) in [6.45, 7) is 7.94. The van der Waals surface area contributed by atoms with Gasteiger partial charge in [-0.05, 0) is 80.1 Å². The predicted octanol–water partition coefficient (Wildman–Crippen LogP) is 4.17. The van der Waals surface area contributed by atoms with Gasteiger partial charge in [-0.1, -0.05) is 18.6 Å². The van der Waals surface area contributed by atoms with Crippen molar-refractivity contribution in [3.05, 3.63) is 83.1 Å². The van der Waals surface area contributed by atoms with Gasteiger partial charge in [-0.15, -0.1) is 0 Å². The van der Waals surface area contributed by atoms with Crippen molar-refractivity contribution in [2.75, 3.05) is 111 Å². The first-order chi connectivity index (χ1) is 33.6. The Bertz CT molecular complexity index is 2500. The van der Waals surface area contributed by atoms with Crippen molar-refractivity contribution in [2.24, 2.45) is 0 Å². The molecule has 386 valence electrons. The van der Waals surface area contributed by atoms with E-state index in [9.17, 15) is 40.3 Å². The highest BCUT2D eigenvalue weighted by Gasteiger charge is 2.43. The number of nitrogens with zero attached hydrogens (tertiary/aromatic N) is 2. The van der Waals surface area contributed by atoms with E-state index in [-0.39, 0.29) is 32.1 Å². The van der Waals surface area contributed by atoms with Crippen LogP contribution in [0.2, 0.25) is 0 Å². The quantitative estimate of drug-likeness (QED) is 0.0303. The highest BCUT2D eigenvalue weighted by atomic mass is 32.2. The molecule has 0 amide bonds. The lowest BCUT2D eigenvalue weighted by Crippen LogP contribution is -2.36. The molecule has 1 fully saturated rings. The van der Waals surface area contributed by atoms with E-state index in [2.05, 4.69) is 4.58 Å². The predicted molar refractivity (Wildman–Crippen MR) is 257 cm³/mol. The number of Topliss-reactive ketones (excluding diaryl/α,β-unsaturated/α-hetero) is 2. The van der Waals surface area contributed by atoms with E-state index < -0.39 is 59.9 Å². The van der Waals surface area contributed by atoms with Crippen LogP contribution in [-0.2, 0) is 73.2 Å². The molecule has 1 aromatic carbocycles. The number of hydrogen-bond donors (Lipinski definition) is 1. The van der Waals surface area contributed by atoms with E-state index in [4.69, 9.17) is 37.6 Å². The zero-order valence-electron chi connectivity index (χ0n) is 40.2. The molecule has 1 atom stereocenters. The summed E-state index contributed by atoms with van der Waals surface area (Å²) >= 11 is 0. The van der Waals surface area contributed by atoms with Crippen molar-refractivity contribution in [3.8, 4) is 11.3 Å². The lowest BCUT2D eigenvalue weighted by Gasteiger charge is -2.30. The molecule has 21 heteroatoms. The molecule has 1 N–H and O–H groups in total. The molecule has 0 bridgehead atoms. The Morgan fingerprint density at radius 3 is 2.07 bits per heavy atom. The van der Waals surface area contributed by atoms with Crippen molar-refractivity contribution in [3.63, 3.8) is 0 Å². The lowest BCUT2D eigenvalue weighted by atomic mass is 9.77. The molecule has 2 aliphatic carbocycles. The minimum Gasteiger partial charge on any atom is -0.744 e. The van der Waals surface area contributed by atoms with Crippen LogP contribution in [0, 0.1) is 0 Å². The normalized spacial score (nSPS) is 17.2. The third kappa shape index (κ3) is 17.0. The number of carbonyl (C=O) groups excluding carboxylic acids is 3. The summed E-state index contributed by atoms with van der Waals surface area (Å²) in [5.74, 6) is -1.37. The van der Waals surface area contributed by atoms with Crippen LogP contribution >= 0.6 is 0 Å². The number of rotatable bonds is 32. The molecule has 0 aromatic heterocycles. The Hall–Kier alpha value is -4.68. The molecule has 0 spiro atoms. The van der Waals surface area contributed by atoms with Crippen molar-refractivity contribution >= 4 is 49.5 Å². The third-order valence-corrected chi connectivity index (χ3v) is 13.7. The number of unbranched alkanes of at least 4 members (excludes halogenated alkanes) is 2. The Balaban J connectivity index is 1.40. The van der Waals surface area contributed by atoms with Crippen LogP contribution in [0.25, 0.3) is 17.4 Å². The van der Waals surface area contributed by atoms with Crippen molar-refractivity contribution in [2.45, 2.75) is 74.7 Å². The number of hydrogen-bond acceptors (Lipinski definition) is 17. The SMILES string of the molecule is COCCOCCOCC[N+](CCOCCOCCOC)=c1ccc2c(/C=C/C=C3/N(CCCCCC(=O)OC4C(=O)CCC4=O)c4ccc(S(=O)(=O)[O-])cc4C3(C)CCCS(=O)(=O)O)ccoc-2c1. The number of anilines is 1. The highest BCUT2D eigenvalue weighted by molar-refractivity contribution is 7.86. The van der Waals surface area contributed by atoms with Crippen molar-refractivity contribution in [1.29, 1.82) is 0 Å². The first kappa shape index (κ1) is 56.2. The molecular formula is C49H66N2O17S2. The van der Waals surface area contributed by atoms with E-state index >= 15 is 0 Å². The third-order valence-electron chi connectivity index (χ3n) is 12.0. The monoisotopic (exact) mass is 1020 g/mol. The Kier molecular flexibility index (Phi) is 22.3. The molecule has 2 heterocycles. The Labute approximate surface area is 410 Å². The van der Waals surface area contributed by atoms with Gasteiger partial charge in [0.25, 0.3) is 10.1 Å². The zero-order chi connectivity index (χ0) is 50.6. The summed E-state index contributed by atoms with van der Waals surface area (Å²) in [6, 6.07) is 11.8. The van der Waals surface area contributed by atoms with Gasteiger partial charge in [-0.2, -0.15) is 8.42 Å². The van der Waals surface area contributed by atoms with Gasteiger partial charge >= 0.3 is 5.97 Å². The molecule has 1 unspecified atom stereocenters. The van der Waals surface area contributed by atoms with Crippen molar-refractivity contribution < 1.29 is 77.9 Å². The maximum atomic E-state index is 12.5. The molecule has 1 saturated carbocycles. The fraction of sp³-hybridized carbons (Fsp3) is 0.551. The topological polar surface area (TPSA) is 247 Å². The average molecular weight is 1020 g/mol. The Morgan fingerprint density at radius 2 is 1.46 bits per heavy atom. The van der Waals surface area contributed by atoms with Gasteiger partial charge in [0.15, 0.2) is 24.7 Å². The average Bonchev–Trinajstić information content (AvgIpc) is 3.75. The number of methoxy groups -OCH3 is 2. The summed E-state index contributed by atoms with van der Waals surface area (Å²) in [4.78, 5) is 38.0. The summed E-state index contributed by atoms with van der Waals surface area (Å²) < 4.78 is 116.